The summed E-state index contributed by atoms with van der Waals surface area (Å²) in [6, 6.07) is 8.22. The Kier molecular flexibility index (Phi) is 3.55. The molecule has 1 fully saturated rings. The molecule has 0 amide bonds. The average Bonchev–Trinajstić information content (AvgIpc) is 2.79. The van der Waals surface area contributed by atoms with Crippen LogP contribution in [0.5, 0.6) is 0 Å². The normalized spacial score (nSPS) is 18.8. The van der Waals surface area contributed by atoms with Crippen molar-refractivity contribution in [3.8, 4) is 0 Å². The van der Waals surface area contributed by atoms with Gasteiger partial charge in [-0.3, -0.25) is 4.90 Å². The van der Waals surface area contributed by atoms with Crippen LogP contribution in [-0.2, 0) is 11.3 Å². The summed E-state index contributed by atoms with van der Waals surface area (Å²) in [4.78, 5) is 2.38. The van der Waals surface area contributed by atoms with Gasteiger partial charge < -0.3 is 14.2 Å². The molecule has 1 atom stereocenters. The molecular weight excluding hydrogens is 240 g/mol. The quantitative estimate of drug-likeness (QED) is 0.914. The molecule has 2 aromatic rings. The van der Waals surface area contributed by atoms with Gasteiger partial charge in [-0.2, -0.15) is 0 Å². The van der Waals surface area contributed by atoms with E-state index in [1.165, 1.54) is 5.69 Å². The number of aliphatic hydroxyl groups excluding tert-OH is 1. The van der Waals surface area contributed by atoms with Gasteiger partial charge in [0.2, 0.25) is 0 Å². The van der Waals surface area contributed by atoms with Crippen LogP contribution in [0.2, 0.25) is 0 Å². The first kappa shape index (κ1) is 12.7. The number of pyridine rings is 1. The molecule has 1 aliphatic rings. The summed E-state index contributed by atoms with van der Waals surface area (Å²) in [7, 11) is 0. The minimum absolute atomic E-state index is 0.434. The lowest BCUT2D eigenvalue weighted by atomic mass is 10.1. The lowest BCUT2D eigenvalue weighted by Gasteiger charge is -2.27. The second-order valence-corrected chi connectivity index (χ2v) is 5.11. The van der Waals surface area contributed by atoms with Crippen LogP contribution in [-0.4, -0.2) is 40.7 Å². The fourth-order valence-corrected chi connectivity index (χ4v) is 2.70. The summed E-state index contributed by atoms with van der Waals surface area (Å²) in [5, 5.41) is 9.98. The van der Waals surface area contributed by atoms with Crippen molar-refractivity contribution in [3.63, 3.8) is 0 Å². The lowest BCUT2D eigenvalue weighted by molar-refractivity contribution is 0.0331. The van der Waals surface area contributed by atoms with Gasteiger partial charge in [-0.1, -0.05) is 6.07 Å². The Morgan fingerprint density at radius 3 is 2.84 bits per heavy atom. The summed E-state index contributed by atoms with van der Waals surface area (Å²) in [6.07, 6.45) is 1.63. The van der Waals surface area contributed by atoms with Crippen molar-refractivity contribution in [1.29, 1.82) is 0 Å². The van der Waals surface area contributed by atoms with Gasteiger partial charge in [-0.15, -0.1) is 0 Å². The number of hydrogen-bond acceptors (Lipinski definition) is 3. The molecule has 0 aliphatic carbocycles. The Morgan fingerprint density at radius 1 is 1.32 bits per heavy atom. The molecule has 1 N–H and O–H groups in total. The van der Waals surface area contributed by atoms with Crippen molar-refractivity contribution in [2.24, 2.45) is 0 Å². The van der Waals surface area contributed by atoms with Crippen molar-refractivity contribution in [2.75, 3.05) is 26.3 Å². The Bertz CT molecular complexity index is 556. The van der Waals surface area contributed by atoms with E-state index < -0.39 is 6.10 Å². The van der Waals surface area contributed by atoms with Gasteiger partial charge in [-0.05, 0) is 25.1 Å². The van der Waals surface area contributed by atoms with Gasteiger partial charge in [0.15, 0.2) is 0 Å². The Balaban J connectivity index is 1.97. The lowest BCUT2D eigenvalue weighted by Crippen LogP contribution is -2.36. The van der Waals surface area contributed by atoms with Crippen LogP contribution in [0.1, 0.15) is 24.3 Å². The topological polar surface area (TPSA) is 37.1 Å². The van der Waals surface area contributed by atoms with Crippen LogP contribution in [0.4, 0.5) is 0 Å². The molecule has 3 rings (SSSR count). The zero-order chi connectivity index (χ0) is 13.2. The first-order valence-corrected chi connectivity index (χ1v) is 6.83. The Morgan fingerprint density at radius 2 is 2.11 bits per heavy atom. The first-order chi connectivity index (χ1) is 9.25. The van der Waals surface area contributed by atoms with Gasteiger partial charge in [0.05, 0.1) is 19.3 Å². The van der Waals surface area contributed by atoms with Crippen LogP contribution in [0.3, 0.4) is 0 Å². The number of morpholine rings is 1. The van der Waals surface area contributed by atoms with E-state index in [1.807, 2.05) is 19.1 Å². The number of nitrogens with zero attached hydrogens (tertiary/aromatic N) is 2. The van der Waals surface area contributed by atoms with Crippen LogP contribution in [0, 0.1) is 0 Å². The summed E-state index contributed by atoms with van der Waals surface area (Å²) in [6.45, 7) is 6.21. The van der Waals surface area contributed by atoms with E-state index in [1.54, 1.807) is 0 Å². The van der Waals surface area contributed by atoms with E-state index in [0.29, 0.717) is 0 Å². The number of ether oxygens (including phenoxy) is 1. The number of aromatic nitrogens is 1. The molecule has 0 bridgehead atoms. The van der Waals surface area contributed by atoms with Crippen molar-refractivity contribution in [2.45, 2.75) is 19.6 Å². The summed E-state index contributed by atoms with van der Waals surface area (Å²) in [5.74, 6) is 0. The molecule has 19 heavy (non-hydrogen) atoms. The maximum absolute atomic E-state index is 9.98. The molecular formula is C15H20N2O2. The highest BCUT2D eigenvalue weighted by Crippen LogP contribution is 2.24. The number of rotatable bonds is 3. The highest BCUT2D eigenvalue weighted by molar-refractivity contribution is 5.54. The van der Waals surface area contributed by atoms with Crippen LogP contribution < -0.4 is 0 Å². The third kappa shape index (κ3) is 2.52. The van der Waals surface area contributed by atoms with E-state index in [0.717, 1.165) is 43.9 Å². The standard InChI is InChI=1S/C15H20N2O2/c1-12(18)14-10-13-4-2-3-5-17(13)15(14)11-16-6-8-19-9-7-16/h2-5,10,12,18H,6-9,11H2,1H3. The van der Waals surface area contributed by atoms with E-state index in [2.05, 4.69) is 27.6 Å². The van der Waals surface area contributed by atoms with E-state index >= 15 is 0 Å². The van der Waals surface area contributed by atoms with Gasteiger partial charge in [-0.25, -0.2) is 0 Å². The first-order valence-electron chi connectivity index (χ1n) is 6.83. The largest absolute Gasteiger partial charge is 0.389 e. The summed E-state index contributed by atoms with van der Waals surface area (Å²) >= 11 is 0. The zero-order valence-corrected chi connectivity index (χ0v) is 11.2. The van der Waals surface area contributed by atoms with Crippen molar-refractivity contribution in [3.05, 3.63) is 41.7 Å². The van der Waals surface area contributed by atoms with E-state index in [4.69, 9.17) is 4.74 Å². The zero-order valence-electron chi connectivity index (χ0n) is 11.2. The SMILES string of the molecule is CC(O)c1cc2ccccn2c1CN1CCOCC1. The number of aliphatic hydroxyl groups is 1. The average molecular weight is 260 g/mol. The maximum Gasteiger partial charge on any atom is 0.0780 e. The third-order valence-corrected chi connectivity index (χ3v) is 3.75. The highest BCUT2D eigenvalue weighted by atomic mass is 16.5. The van der Waals surface area contributed by atoms with Crippen molar-refractivity contribution < 1.29 is 9.84 Å². The molecule has 102 valence electrons. The smallest absolute Gasteiger partial charge is 0.0780 e. The van der Waals surface area contributed by atoms with Gasteiger partial charge in [0.1, 0.15) is 0 Å². The van der Waals surface area contributed by atoms with Crippen LogP contribution >= 0.6 is 0 Å². The second kappa shape index (κ2) is 5.33. The molecule has 1 aliphatic heterocycles. The molecule has 4 heteroatoms. The molecule has 4 nitrogen and oxygen atoms in total. The molecule has 0 saturated carbocycles. The monoisotopic (exact) mass is 260 g/mol. The van der Waals surface area contributed by atoms with E-state index in [9.17, 15) is 5.11 Å². The summed E-state index contributed by atoms with van der Waals surface area (Å²) < 4.78 is 7.56. The summed E-state index contributed by atoms with van der Waals surface area (Å²) in [5.41, 5.74) is 3.35. The number of hydrogen-bond donors (Lipinski definition) is 1. The van der Waals surface area contributed by atoms with E-state index in [-0.39, 0.29) is 0 Å². The minimum Gasteiger partial charge on any atom is -0.389 e. The van der Waals surface area contributed by atoms with Crippen LogP contribution in [0.25, 0.3) is 5.52 Å². The Labute approximate surface area is 113 Å². The van der Waals surface area contributed by atoms with Crippen LogP contribution in [0.15, 0.2) is 30.5 Å². The molecule has 0 aromatic carbocycles. The van der Waals surface area contributed by atoms with Gasteiger partial charge in [0.25, 0.3) is 0 Å². The highest BCUT2D eigenvalue weighted by Gasteiger charge is 2.18. The maximum atomic E-state index is 9.98. The van der Waals surface area contributed by atoms with Crippen molar-refractivity contribution in [1.82, 2.24) is 9.30 Å². The van der Waals surface area contributed by atoms with Gasteiger partial charge >= 0.3 is 0 Å². The van der Waals surface area contributed by atoms with Crippen molar-refractivity contribution >= 4 is 5.52 Å². The molecule has 1 saturated heterocycles. The molecule has 0 radical (unpaired) electrons. The predicted octanol–water partition coefficient (Wildman–Crippen LogP) is 1.82. The third-order valence-electron chi connectivity index (χ3n) is 3.75. The Hall–Kier alpha value is -1.36. The second-order valence-electron chi connectivity index (χ2n) is 5.11. The molecule has 0 spiro atoms. The molecule has 3 heterocycles. The molecule has 2 aromatic heterocycles. The minimum atomic E-state index is -0.434. The van der Waals surface area contributed by atoms with Gasteiger partial charge in [0, 0.05) is 42.6 Å². The number of fused-ring (bicyclic) bond motifs is 1. The fourth-order valence-electron chi connectivity index (χ4n) is 2.70. The fraction of sp³-hybridized carbons (Fsp3) is 0.467. The predicted molar refractivity (Wildman–Crippen MR) is 74.1 cm³/mol. The molecule has 1 unspecified atom stereocenters.